The second-order valence-corrected chi connectivity index (χ2v) is 6.55. The van der Waals surface area contributed by atoms with Gasteiger partial charge in [-0.25, -0.2) is 0 Å². The van der Waals surface area contributed by atoms with Crippen molar-refractivity contribution in [3.05, 3.63) is 42.1 Å². The molecule has 0 aliphatic heterocycles. The maximum atomic E-state index is 12.8. The average Bonchev–Trinajstić information content (AvgIpc) is 2.92. The van der Waals surface area contributed by atoms with Crippen molar-refractivity contribution in [2.75, 3.05) is 10.8 Å². The first-order valence-electron chi connectivity index (χ1n) is 6.80. The van der Waals surface area contributed by atoms with Crippen molar-refractivity contribution in [2.24, 2.45) is 12.8 Å². The summed E-state index contributed by atoms with van der Waals surface area (Å²) in [6.45, 7) is 2.79. The van der Waals surface area contributed by atoms with E-state index in [-0.39, 0.29) is 5.03 Å². The van der Waals surface area contributed by atoms with Gasteiger partial charge in [0.2, 0.25) is 0 Å². The Morgan fingerprint density at radius 1 is 1.24 bits per heavy atom. The van der Waals surface area contributed by atoms with Gasteiger partial charge in [0.1, 0.15) is 0 Å². The van der Waals surface area contributed by atoms with Gasteiger partial charge in [0.05, 0.1) is 11.9 Å². The fraction of sp³-hybridized carbons (Fsp3) is 0.357. The van der Waals surface area contributed by atoms with E-state index in [0.717, 1.165) is 12.0 Å². The molecular weight excluding hydrogens is 288 g/mol. The summed E-state index contributed by atoms with van der Waals surface area (Å²) in [5.74, 6) is 0. The highest BCUT2D eigenvalue weighted by Crippen LogP contribution is 2.24. The van der Waals surface area contributed by atoms with Crippen molar-refractivity contribution < 1.29 is 8.42 Å². The van der Waals surface area contributed by atoms with Crippen LogP contribution in [0.5, 0.6) is 0 Å². The average molecular weight is 308 g/mol. The Kier molecular flexibility index (Phi) is 4.64. The number of aryl methyl sites for hydroxylation is 1. The van der Waals surface area contributed by atoms with Crippen LogP contribution in [0.3, 0.4) is 0 Å². The third-order valence-corrected chi connectivity index (χ3v) is 5.12. The zero-order valence-corrected chi connectivity index (χ0v) is 13.0. The number of anilines is 1. The number of nitrogens with zero attached hydrogens (tertiary/aromatic N) is 3. The zero-order valence-electron chi connectivity index (χ0n) is 12.2. The molecule has 2 aromatic rings. The lowest BCUT2D eigenvalue weighted by molar-refractivity contribution is 0.571. The second-order valence-electron chi connectivity index (χ2n) is 4.74. The van der Waals surface area contributed by atoms with E-state index in [2.05, 4.69) is 5.10 Å². The second kappa shape index (κ2) is 6.28. The molecule has 0 saturated heterocycles. The fourth-order valence-corrected chi connectivity index (χ4v) is 3.78. The molecule has 0 saturated carbocycles. The molecule has 1 aromatic heterocycles. The Morgan fingerprint density at radius 2 is 1.90 bits per heavy atom. The summed E-state index contributed by atoms with van der Waals surface area (Å²) in [5, 5.41) is 4.12. The van der Waals surface area contributed by atoms with Gasteiger partial charge in [-0.1, -0.05) is 19.1 Å². The molecule has 2 rings (SSSR count). The molecule has 0 aliphatic carbocycles. The topological polar surface area (TPSA) is 81.2 Å². The zero-order chi connectivity index (χ0) is 15.5. The molecule has 1 aromatic carbocycles. The SMILES string of the molecule is CCCN(c1ccc(CN)cc1)S(=O)(=O)c1ccnn1C. The minimum absolute atomic E-state index is 0.179. The van der Waals surface area contributed by atoms with Crippen LogP contribution < -0.4 is 10.0 Å². The van der Waals surface area contributed by atoms with E-state index in [9.17, 15) is 8.42 Å². The number of rotatable bonds is 6. The van der Waals surface area contributed by atoms with Crippen LogP contribution in [-0.2, 0) is 23.6 Å². The minimum Gasteiger partial charge on any atom is -0.326 e. The summed E-state index contributed by atoms with van der Waals surface area (Å²) >= 11 is 0. The number of hydrogen-bond donors (Lipinski definition) is 1. The standard InChI is InChI=1S/C14H20N4O2S/c1-3-10-18(13-6-4-12(11-15)5-7-13)21(19,20)14-8-9-16-17(14)2/h4-9H,3,10-11,15H2,1-2H3. The minimum atomic E-state index is -3.62. The van der Waals surface area contributed by atoms with Crippen LogP contribution >= 0.6 is 0 Å². The molecule has 6 nitrogen and oxygen atoms in total. The van der Waals surface area contributed by atoms with Gasteiger partial charge in [-0.3, -0.25) is 8.99 Å². The van der Waals surface area contributed by atoms with Gasteiger partial charge in [-0.05, 0) is 30.2 Å². The Hall–Kier alpha value is -1.86. The molecule has 0 fully saturated rings. The molecule has 21 heavy (non-hydrogen) atoms. The summed E-state index contributed by atoms with van der Waals surface area (Å²) in [4.78, 5) is 0. The van der Waals surface area contributed by atoms with E-state index in [1.807, 2.05) is 19.1 Å². The largest absolute Gasteiger partial charge is 0.326 e. The number of nitrogens with two attached hydrogens (primary N) is 1. The molecule has 114 valence electrons. The highest BCUT2D eigenvalue weighted by atomic mass is 32.2. The van der Waals surface area contributed by atoms with Crippen LogP contribution in [0.1, 0.15) is 18.9 Å². The van der Waals surface area contributed by atoms with Crippen LogP contribution in [-0.4, -0.2) is 24.7 Å². The fourth-order valence-electron chi connectivity index (χ4n) is 2.12. The normalized spacial score (nSPS) is 11.6. The van der Waals surface area contributed by atoms with Gasteiger partial charge >= 0.3 is 0 Å². The van der Waals surface area contributed by atoms with Crippen molar-refractivity contribution >= 4 is 15.7 Å². The maximum absolute atomic E-state index is 12.8. The summed E-state index contributed by atoms with van der Waals surface area (Å²) in [6, 6.07) is 8.76. The summed E-state index contributed by atoms with van der Waals surface area (Å²) in [7, 11) is -2.00. The van der Waals surface area contributed by atoms with Crippen molar-refractivity contribution in [3.8, 4) is 0 Å². The Morgan fingerprint density at radius 3 is 2.38 bits per heavy atom. The van der Waals surface area contributed by atoms with Crippen LogP contribution in [0.25, 0.3) is 0 Å². The molecule has 0 aliphatic rings. The van der Waals surface area contributed by atoms with E-state index in [1.54, 1.807) is 19.2 Å². The van der Waals surface area contributed by atoms with Crippen LogP contribution in [0.4, 0.5) is 5.69 Å². The third kappa shape index (κ3) is 3.08. The lowest BCUT2D eigenvalue weighted by Gasteiger charge is -2.24. The number of hydrogen-bond acceptors (Lipinski definition) is 4. The van der Waals surface area contributed by atoms with E-state index in [1.165, 1.54) is 21.3 Å². The maximum Gasteiger partial charge on any atom is 0.281 e. The number of benzene rings is 1. The molecule has 0 spiro atoms. The van der Waals surface area contributed by atoms with Crippen molar-refractivity contribution in [2.45, 2.75) is 24.9 Å². The smallest absolute Gasteiger partial charge is 0.281 e. The van der Waals surface area contributed by atoms with Gasteiger partial charge < -0.3 is 5.73 Å². The van der Waals surface area contributed by atoms with Crippen molar-refractivity contribution in [1.29, 1.82) is 0 Å². The van der Waals surface area contributed by atoms with Gasteiger partial charge in [0.25, 0.3) is 10.0 Å². The van der Waals surface area contributed by atoms with Crippen LogP contribution in [0.2, 0.25) is 0 Å². The Balaban J connectivity index is 2.45. The molecule has 0 amide bonds. The van der Waals surface area contributed by atoms with E-state index in [0.29, 0.717) is 18.8 Å². The summed E-state index contributed by atoms with van der Waals surface area (Å²) in [6.07, 6.45) is 2.20. The molecule has 0 radical (unpaired) electrons. The first kappa shape index (κ1) is 15.5. The van der Waals surface area contributed by atoms with Crippen LogP contribution in [0, 0.1) is 0 Å². The Bertz CT molecular complexity index is 692. The molecule has 0 unspecified atom stereocenters. The van der Waals surface area contributed by atoms with Gasteiger partial charge in [-0.2, -0.15) is 13.5 Å². The van der Waals surface area contributed by atoms with Gasteiger partial charge in [0.15, 0.2) is 5.03 Å². The van der Waals surface area contributed by atoms with Crippen molar-refractivity contribution in [3.63, 3.8) is 0 Å². The molecule has 1 heterocycles. The molecule has 2 N–H and O–H groups in total. The summed E-state index contributed by atoms with van der Waals surface area (Å²) < 4.78 is 28.4. The first-order chi connectivity index (χ1) is 10.0. The van der Waals surface area contributed by atoms with E-state index in [4.69, 9.17) is 5.73 Å². The Labute approximate surface area is 125 Å². The molecule has 7 heteroatoms. The van der Waals surface area contributed by atoms with E-state index >= 15 is 0 Å². The van der Waals surface area contributed by atoms with Crippen LogP contribution in [0.15, 0.2) is 41.6 Å². The molecule has 0 bridgehead atoms. The monoisotopic (exact) mass is 308 g/mol. The van der Waals surface area contributed by atoms with Gasteiger partial charge in [0, 0.05) is 20.1 Å². The lowest BCUT2D eigenvalue weighted by atomic mass is 10.2. The van der Waals surface area contributed by atoms with E-state index < -0.39 is 10.0 Å². The summed E-state index contributed by atoms with van der Waals surface area (Å²) in [5.41, 5.74) is 7.17. The third-order valence-electron chi connectivity index (χ3n) is 3.22. The molecule has 0 atom stereocenters. The lowest BCUT2D eigenvalue weighted by Crippen LogP contribution is -2.33. The molecular formula is C14H20N4O2S. The number of sulfonamides is 1. The first-order valence-corrected chi connectivity index (χ1v) is 8.24. The predicted octanol–water partition coefficient (Wildman–Crippen LogP) is 1.48. The highest BCUT2D eigenvalue weighted by molar-refractivity contribution is 7.92. The van der Waals surface area contributed by atoms with Gasteiger partial charge in [-0.15, -0.1) is 0 Å². The van der Waals surface area contributed by atoms with Crippen molar-refractivity contribution in [1.82, 2.24) is 9.78 Å². The predicted molar refractivity (Wildman–Crippen MR) is 82.4 cm³/mol. The quantitative estimate of drug-likeness (QED) is 0.876. The highest BCUT2D eigenvalue weighted by Gasteiger charge is 2.26. The number of aromatic nitrogens is 2.